The molecule has 0 saturated heterocycles. The van der Waals surface area contributed by atoms with Crippen molar-refractivity contribution in [2.75, 3.05) is 13.7 Å². The average molecular weight is 420 g/mol. The molecule has 2 heterocycles. The van der Waals surface area contributed by atoms with E-state index in [0.29, 0.717) is 23.8 Å². The maximum atomic E-state index is 13.4. The molecule has 4 rings (SSSR count). The van der Waals surface area contributed by atoms with Crippen molar-refractivity contribution < 1.29 is 4.74 Å². The first kappa shape index (κ1) is 20.4. The zero-order chi connectivity index (χ0) is 21.1. The van der Waals surface area contributed by atoms with Crippen LogP contribution in [0.1, 0.15) is 11.1 Å². The van der Waals surface area contributed by atoms with E-state index in [1.165, 1.54) is 11.1 Å². The smallest absolute Gasteiger partial charge is 0.278 e. The normalized spacial score (nSPS) is 11.3. The Morgan fingerprint density at radius 2 is 1.80 bits per heavy atom. The van der Waals surface area contributed by atoms with Crippen LogP contribution in [0.4, 0.5) is 0 Å². The summed E-state index contributed by atoms with van der Waals surface area (Å²) in [6.45, 7) is 3.01. The van der Waals surface area contributed by atoms with Crippen molar-refractivity contribution in [3.8, 4) is 11.1 Å². The van der Waals surface area contributed by atoms with E-state index in [9.17, 15) is 4.79 Å². The highest BCUT2D eigenvalue weighted by Gasteiger charge is 2.18. The molecule has 6 heteroatoms. The van der Waals surface area contributed by atoms with Crippen LogP contribution in [-0.4, -0.2) is 27.8 Å². The first-order valence-electron chi connectivity index (χ1n) is 9.91. The molecule has 30 heavy (non-hydrogen) atoms. The van der Waals surface area contributed by atoms with Crippen molar-refractivity contribution in [1.82, 2.24) is 14.1 Å². The molecular weight excluding hydrogens is 394 g/mol. The molecule has 0 amide bonds. The van der Waals surface area contributed by atoms with Gasteiger partial charge in [-0.2, -0.15) is 0 Å². The zero-order valence-corrected chi connectivity index (χ0v) is 18.3. The summed E-state index contributed by atoms with van der Waals surface area (Å²) in [6, 6.07) is 18.5. The third kappa shape index (κ3) is 4.06. The Labute approximate surface area is 180 Å². The molecule has 0 fully saturated rings. The highest BCUT2D eigenvalue weighted by Crippen LogP contribution is 2.30. The van der Waals surface area contributed by atoms with E-state index in [1.54, 1.807) is 23.4 Å². The number of ether oxygens (including phenoxy) is 1. The Balaban J connectivity index is 1.81. The van der Waals surface area contributed by atoms with Gasteiger partial charge in [0.25, 0.3) is 5.56 Å². The van der Waals surface area contributed by atoms with Crippen LogP contribution in [0.25, 0.3) is 22.2 Å². The minimum absolute atomic E-state index is 0.0341. The number of nitrogens with zero attached hydrogens (tertiary/aromatic N) is 3. The molecule has 4 aromatic rings. The maximum Gasteiger partial charge on any atom is 0.278 e. The number of rotatable bonds is 7. The second-order valence-electron chi connectivity index (χ2n) is 7.34. The molecule has 2 aromatic carbocycles. The van der Waals surface area contributed by atoms with Gasteiger partial charge in [0.2, 0.25) is 0 Å². The number of hydrogen-bond donors (Lipinski definition) is 0. The summed E-state index contributed by atoms with van der Waals surface area (Å²) in [5, 5.41) is 0.716. The van der Waals surface area contributed by atoms with Crippen LogP contribution in [0.2, 0.25) is 0 Å². The fraction of sp³-hybridized carbons (Fsp3) is 0.250. The van der Waals surface area contributed by atoms with Gasteiger partial charge in [-0.25, -0.2) is 4.98 Å². The third-order valence-corrected chi connectivity index (χ3v) is 6.18. The van der Waals surface area contributed by atoms with Gasteiger partial charge in [0.1, 0.15) is 11.0 Å². The fourth-order valence-corrected chi connectivity index (χ4v) is 4.48. The van der Waals surface area contributed by atoms with E-state index in [4.69, 9.17) is 9.72 Å². The van der Waals surface area contributed by atoms with Gasteiger partial charge in [0, 0.05) is 31.7 Å². The Morgan fingerprint density at radius 1 is 1.07 bits per heavy atom. The van der Waals surface area contributed by atoms with E-state index < -0.39 is 0 Å². The molecule has 0 aliphatic rings. The summed E-state index contributed by atoms with van der Waals surface area (Å²) in [5.74, 6) is 0.749. The van der Waals surface area contributed by atoms with Crippen LogP contribution < -0.4 is 5.56 Å². The van der Waals surface area contributed by atoms with Gasteiger partial charge in [-0.05, 0) is 18.1 Å². The molecule has 0 N–H and O–H groups in total. The second kappa shape index (κ2) is 8.90. The molecule has 2 aromatic heterocycles. The van der Waals surface area contributed by atoms with Gasteiger partial charge in [-0.1, -0.05) is 71.9 Å². The highest BCUT2D eigenvalue weighted by atomic mass is 32.2. The van der Waals surface area contributed by atoms with E-state index in [2.05, 4.69) is 31.2 Å². The van der Waals surface area contributed by atoms with Gasteiger partial charge < -0.3 is 9.30 Å². The quantitative estimate of drug-likeness (QED) is 0.323. The number of aryl methyl sites for hydroxylation is 2. The van der Waals surface area contributed by atoms with Crippen molar-refractivity contribution in [1.29, 1.82) is 0 Å². The first-order chi connectivity index (χ1) is 14.6. The first-order valence-corrected chi connectivity index (χ1v) is 10.9. The van der Waals surface area contributed by atoms with Crippen LogP contribution in [0.5, 0.6) is 0 Å². The van der Waals surface area contributed by atoms with Crippen molar-refractivity contribution >= 4 is 22.8 Å². The van der Waals surface area contributed by atoms with Crippen LogP contribution in [-0.2, 0) is 24.1 Å². The SMILES string of the molecule is COCCn1c(SCc2ccc(C)cc2)nc2c(-c3ccccc3)cn(C)c2c1=O. The van der Waals surface area contributed by atoms with E-state index in [-0.39, 0.29) is 5.56 Å². The van der Waals surface area contributed by atoms with Gasteiger partial charge >= 0.3 is 0 Å². The molecular formula is C24H25N3O2S. The van der Waals surface area contributed by atoms with Gasteiger partial charge in [0.05, 0.1) is 13.2 Å². The van der Waals surface area contributed by atoms with Gasteiger partial charge in [-0.3, -0.25) is 9.36 Å². The van der Waals surface area contributed by atoms with Crippen LogP contribution in [0.15, 0.2) is 70.7 Å². The molecule has 0 saturated carbocycles. The molecule has 0 bridgehead atoms. The summed E-state index contributed by atoms with van der Waals surface area (Å²) < 4.78 is 8.86. The number of thioether (sulfide) groups is 1. The summed E-state index contributed by atoms with van der Waals surface area (Å²) in [5.41, 5.74) is 5.79. The lowest BCUT2D eigenvalue weighted by Gasteiger charge is -2.12. The number of fused-ring (bicyclic) bond motifs is 1. The second-order valence-corrected chi connectivity index (χ2v) is 8.28. The minimum Gasteiger partial charge on any atom is -0.383 e. The third-order valence-electron chi connectivity index (χ3n) is 5.13. The van der Waals surface area contributed by atoms with Gasteiger partial charge in [0.15, 0.2) is 5.16 Å². The average Bonchev–Trinajstić information content (AvgIpc) is 3.10. The Kier molecular flexibility index (Phi) is 6.06. The van der Waals surface area contributed by atoms with Crippen molar-refractivity contribution in [2.24, 2.45) is 7.05 Å². The highest BCUT2D eigenvalue weighted by molar-refractivity contribution is 7.98. The molecule has 0 aliphatic heterocycles. The summed E-state index contributed by atoms with van der Waals surface area (Å²) >= 11 is 1.59. The number of aromatic nitrogens is 3. The summed E-state index contributed by atoms with van der Waals surface area (Å²) in [7, 11) is 3.55. The van der Waals surface area contributed by atoms with Crippen LogP contribution in [0.3, 0.4) is 0 Å². The lowest BCUT2D eigenvalue weighted by molar-refractivity contribution is 0.183. The fourth-order valence-electron chi connectivity index (χ4n) is 3.50. The Bertz CT molecular complexity index is 1210. The molecule has 0 unspecified atom stereocenters. The standard InChI is InChI=1S/C24H25N3O2S/c1-17-9-11-18(12-10-17)16-30-24-25-21-20(19-7-5-4-6-8-19)15-26(2)22(21)23(28)27(24)13-14-29-3/h4-12,15H,13-14,16H2,1-3H3. The molecule has 5 nitrogen and oxygen atoms in total. The molecule has 0 atom stereocenters. The van der Waals surface area contributed by atoms with E-state index in [1.807, 2.05) is 48.1 Å². The van der Waals surface area contributed by atoms with Crippen LogP contribution >= 0.6 is 11.8 Å². The van der Waals surface area contributed by atoms with E-state index in [0.717, 1.165) is 22.4 Å². The summed E-state index contributed by atoms with van der Waals surface area (Å²) in [6.07, 6.45) is 1.99. The van der Waals surface area contributed by atoms with Crippen LogP contribution in [0, 0.1) is 6.92 Å². The predicted molar refractivity (Wildman–Crippen MR) is 123 cm³/mol. The molecule has 0 aliphatic carbocycles. The summed E-state index contributed by atoms with van der Waals surface area (Å²) in [4.78, 5) is 18.4. The van der Waals surface area contributed by atoms with Crippen molar-refractivity contribution in [3.63, 3.8) is 0 Å². The number of methoxy groups -OCH3 is 1. The van der Waals surface area contributed by atoms with E-state index >= 15 is 0 Å². The Hall–Kier alpha value is -2.83. The molecule has 0 spiro atoms. The lowest BCUT2D eigenvalue weighted by Crippen LogP contribution is -2.26. The monoisotopic (exact) mass is 419 g/mol. The number of benzene rings is 2. The van der Waals surface area contributed by atoms with Gasteiger partial charge in [-0.15, -0.1) is 0 Å². The van der Waals surface area contributed by atoms with Crippen molar-refractivity contribution in [3.05, 3.63) is 82.3 Å². The lowest BCUT2D eigenvalue weighted by atomic mass is 10.1. The zero-order valence-electron chi connectivity index (χ0n) is 17.5. The molecule has 154 valence electrons. The predicted octanol–water partition coefficient (Wildman–Crippen LogP) is 4.65. The Morgan fingerprint density at radius 3 is 2.50 bits per heavy atom. The van der Waals surface area contributed by atoms with Crippen molar-refractivity contribution in [2.45, 2.75) is 24.4 Å². The topological polar surface area (TPSA) is 49.0 Å². The number of hydrogen-bond acceptors (Lipinski definition) is 4. The minimum atomic E-state index is -0.0341. The maximum absolute atomic E-state index is 13.4. The molecule has 0 radical (unpaired) electrons. The largest absolute Gasteiger partial charge is 0.383 e.